The van der Waals surface area contributed by atoms with Crippen molar-refractivity contribution in [3.8, 4) is 0 Å². The summed E-state index contributed by atoms with van der Waals surface area (Å²) in [6, 6.07) is 0. The smallest absolute Gasteiger partial charge is 0.422 e. The highest BCUT2D eigenvalue weighted by molar-refractivity contribution is 5.91. The fourth-order valence-corrected chi connectivity index (χ4v) is 5.97. The van der Waals surface area contributed by atoms with Gasteiger partial charge in [0.1, 0.15) is 11.7 Å². The number of hydrogen-bond acceptors (Lipinski definition) is 7. The predicted molar refractivity (Wildman–Crippen MR) is 144 cm³/mol. The molecule has 0 saturated carbocycles. The number of methoxy groups -OCH3 is 1. The third-order valence-corrected chi connectivity index (χ3v) is 8.22. The van der Waals surface area contributed by atoms with E-state index >= 15 is 0 Å². The van der Waals surface area contributed by atoms with Crippen molar-refractivity contribution in [1.82, 2.24) is 9.55 Å². The van der Waals surface area contributed by atoms with Gasteiger partial charge >= 0.3 is 18.1 Å². The number of carbonyl (C=O) groups is 2. The quantitative estimate of drug-likeness (QED) is 0.246. The maximum atomic E-state index is 13.3. The normalized spacial score (nSPS) is 32.9. The highest BCUT2D eigenvalue weighted by Crippen LogP contribution is 2.50. The van der Waals surface area contributed by atoms with Gasteiger partial charge in [-0.3, -0.25) is 0 Å². The van der Waals surface area contributed by atoms with Gasteiger partial charge in [-0.25, -0.2) is 14.6 Å². The van der Waals surface area contributed by atoms with E-state index < -0.39 is 42.2 Å². The van der Waals surface area contributed by atoms with Crippen LogP contribution in [0.15, 0.2) is 54.1 Å². The zero-order chi connectivity index (χ0) is 30.2. The summed E-state index contributed by atoms with van der Waals surface area (Å²) in [5.74, 6) is -3.87. The van der Waals surface area contributed by atoms with Crippen LogP contribution < -0.4 is 0 Å². The van der Waals surface area contributed by atoms with E-state index in [-0.39, 0.29) is 29.2 Å². The summed E-state index contributed by atoms with van der Waals surface area (Å²) in [6.45, 7) is 6.06. The largest absolute Gasteiger partial charge is 0.456 e. The Kier molecular flexibility index (Phi) is 8.71. The molecule has 1 aromatic rings. The SMILES string of the molecule is CO[C@]12C=C[C@](C)(O1)[C@@H](OC(=O)/C=C/c1cn(C)cn1)C[C@H]1C(C)=CC[C@H](C(C)C)[C@H]1/C=C\2C(=O)OCC(F)(F)F. The standard InChI is InChI=1S/C30H37F3N2O6/c1-18(2)21-9-7-19(3)22-14-25(40-26(36)10-8-20-15-35(5)17-34-20)28(4)11-12-29(38-6,41-28)24(13-23(21)22)27(37)39-16-30(31,32)33/h7-8,10-13,15,17-18,21-23,25H,9,14,16H2,1-6H3/b10-8+,24-13-/t21-,22+,23-,25+,28+,29-/m1/s1. The minimum atomic E-state index is -4.70. The Balaban J connectivity index is 1.76. The molecule has 3 heterocycles. The van der Waals surface area contributed by atoms with E-state index in [1.54, 1.807) is 42.2 Å². The molecule has 0 fully saturated rings. The van der Waals surface area contributed by atoms with Crippen LogP contribution in [-0.2, 0) is 35.6 Å². The highest BCUT2D eigenvalue weighted by atomic mass is 19.4. The molecule has 0 amide bonds. The second-order valence-electron chi connectivity index (χ2n) is 11.5. The molecule has 1 aromatic heterocycles. The van der Waals surface area contributed by atoms with E-state index in [1.807, 2.05) is 14.0 Å². The molecule has 224 valence electrons. The lowest BCUT2D eigenvalue weighted by Gasteiger charge is -2.41. The molecule has 4 rings (SSSR count). The molecule has 1 aliphatic carbocycles. The monoisotopic (exact) mass is 578 g/mol. The van der Waals surface area contributed by atoms with Crippen molar-refractivity contribution < 1.29 is 41.7 Å². The molecule has 41 heavy (non-hydrogen) atoms. The van der Waals surface area contributed by atoms with Gasteiger partial charge in [0, 0.05) is 26.4 Å². The summed E-state index contributed by atoms with van der Waals surface area (Å²) in [6.07, 6.45) is 8.65. The summed E-state index contributed by atoms with van der Waals surface area (Å²) in [5.41, 5.74) is 0.181. The maximum Gasteiger partial charge on any atom is 0.422 e. The van der Waals surface area contributed by atoms with Gasteiger partial charge in [0.05, 0.1) is 17.6 Å². The summed E-state index contributed by atoms with van der Waals surface area (Å²) >= 11 is 0. The van der Waals surface area contributed by atoms with Gasteiger partial charge in [-0.05, 0) is 68.6 Å². The number of nitrogens with zero attached hydrogens (tertiary/aromatic N) is 2. The number of halogens is 3. The number of aryl methyl sites for hydroxylation is 1. The topological polar surface area (TPSA) is 88.9 Å². The van der Waals surface area contributed by atoms with Crippen molar-refractivity contribution >= 4 is 18.0 Å². The predicted octanol–water partition coefficient (Wildman–Crippen LogP) is 5.32. The fraction of sp³-hybridized carbons (Fsp3) is 0.567. The lowest BCUT2D eigenvalue weighted by Crippen LogP contribution is -2.48. The van der Waals surface area contributed by atoms with E-state index in [1.165, 1.54) is 19.3 Å². The molecular formula is C30H37F3N2O6. The van der Waals surface area contributed by atoms with Gasteiger partial charge in [0.25, 0.3) is 0 Å². The van der Waals surface area contributed by atoms with Crippen molar-refractivity contribution in [2.45, 2.75) is 64.2 Å². The molecule has 2 aliphatic heterocycles. The molecule has 0 spiro atoms. The van der Waals surface area contributed by atoms with Crippen LogP contribution in [0.25, 0.3) is 6.08 Å². The first kappa shape index (κ1) is 30.8. The molecule has 0 aromatic carbocycles. The molecule has 8 nitrogen and oxygen atoms in total. The van der Waals surface area contributed by atoms with Gasteiger partial charge in [0.15, 0.2) is 6.61 Å². The Morgan fingerprint density at radius 3 is 2.63 bits per heavy atom. The zero-order valence-electron chi connectivity index (χ0n) is 24.1. The molecule has 3 aliphatic rings. The summed E-state index contributed by atoms with van der Waals surface area (Å²) < 4.78 is 63.6. The van der Waals surface area contributed by atoms with Crippen LogP contribution in [0, 0.1) is 23.7 Å². The van der Waals surface area contributed by atoms with Crippen LogP contribution >= 0.6 is 0 Å². The van der Waals surface area contributed by atoms with Gasteiger partial charge in [-0.15, -0.1) is 0 Å². The summed E-state index contributed by atoms with van der Waals surface area (Å²) in [5, 5.41) is 0. The first-order chi connectivity index (χ1) is 19.2. The summed E-state index contributed by atoms with van der Waals surface area (Å²) in [4.78, 5) is 30.5. The van der Waals surface area contributed by atoms with Crippen LogP contribution in [0.1, 0.15) is 46.2 Å². The second-order valence-corrected chi connectivity index (χ2v) is 11.5. The first-order valence-electron chi connectivity index (χ1n) is 13.6. The molecule has 6 atom stereocenters. The zero-order valence-corrected chi connectivity index (χ0v) is 24.1. The van der Waals surface area contributed by atoms with Gasteiger partial charge in [-0.2, -0.15) is 13.2 Å². The molecule has 0 saturated heterocycles. The Morgan fingerprint density at radius 2 is 2.02 bits per heavy atom. The van der Waals surface area contributed by atoms with E-state index in [2.05, 4.69) is 24.9 Å². The third-order valence-electron chi connectivity index (χ3n) is 8.22. The average Bonchev–Trinajstić information content (AvgIpc) is 3.49. The van der Waals surface area contributed by atoms with Crippen LogP contribution in [0.5, 0.6) is 0 Å². The number of allylic oxidation sites excluding steroid dienone is 3. The number of carbonyl (C=O) groups excluding carboxylic acids is 2. The molecule has 0 unspecified atom stereocenters. The number of aromatic nitrogens is 2. The van der Waals surface area contributed by atoms with Crippen molar-refractivity contribution in [1.29, 1.82) is 0 Å². The maximum absolute atomic E-state index is 13.3. The highest BCUT2D eigenvalue weighted by Gasteiger charge is 2.55. The number of hydrogen-bond donors (Lipinski definition) is 0. The Bertz CT molecular complexity index is 1280. The van der Waals surface area contributed by atoms with Crippen LogP contribution in [0.3, 0.4) is 0 Å². The number of ether oxygens (including phenoxy) is 4. The number of fused-ring (bicyclic) bond motifs is 3. The molecular weight excluding hydrogens is 541 g/mol. The van der Waals surface area contributed by atoms with Crippen molar-refractivity contribution in [3.63, 3.8) is 0 Å². The number of esters is 2. The number of alkyl halides is 3. The molecule has 0 radical (unpaired) electrons. The molecule has 2 bridgehead atoms. The molecule has 11 heteroatoms. The lowest BCUT2D eigenvalue weighted by molar-refractivity contribution is -0.229. The minimum Gasteiger partial charge on any atom is -0.456 e. The first-order valence-corrected chi connectivity index (χ1v) is 13.6. The fourth-order valence-electron chi connectivity index (χ4n) is 5.97. The van der Waals surface area contributed by atoms with Crippen molar-refractivity contribution in [2.24, 2.45) is 30.7 Å². The Hall–Kier alpha value is -3.18. The average molecular weight is 579 g/mol. The Labute approximate surface area is 237 Å². The van der Waals surface area contributed by atoms with Crippen molar-refractivity contribution in [3.05, 3.63) is 59.7 Å². The third kappa shape index (κ3) is 6.67. The lowest BCUT2D eigenvalue weighted by atomic mass is 9.65. The summed E-state index contributed by atoms with van der Waals surface area (Å²) in [7, 11) is 3.12. The second kappa shape index (κ2) is 11.6. The van der Waals surface area contributed by atoms with E-state index in [0.717, 1.165) is 12.0 Å². The Morgan fingerprint density at radius 1 is 1.29 bits per heavy atom. The van der Waals surface area contributed by atoms with Gasteiger partial charge < -0.3 is 23.5 Å². The minimum absolute atomic E-state index is 0.0526. The molecule has 0 N–H and O–H groups in total. The van der Waals surface area contributed by atoms with Crippen molar-refractivity contribution in [2.75, 3.05) is 13.7 Å². The van der Waals surface area contributed by atoms with Gasteiger partial charge in [0.2, 0.25) is 5.79 Å². The van der Waals surface area contributed by atoms with Crippen LogP contribution in [0.2, 0.25) is 0 Å². The van der Waals surface area contributed by atoms with E-state index in [4.69, 9.17) is 18.9 Å². The van der Waals surface area contributed by atoms with Gasteiger partial charge in [-0.1, -0.05) is 31.6 Å². The number of rotatable bonds is 7. The van der Waals surface area contributed by atoms with E-state index in [9.17, 15) is 22.8 Å². The van der Waals surface area contributed by atoms with E-state index in [0.29, 0.717) is 12.1 Å². The van der Waals surface area contributed by atoms with Crippen LogP contribution in [-0.4, -0.2) is 58.9 Å². The van der Waals surface area contributed by atoms with Crippen LogP contribution in [0.4, 0.5) is 13.2 Å². The number of imidazole rings is 1.